The minimum Gasteiger partial charge on any atom is -0.479 e. The van der Waals surface area contributed by atoms with E-state index in [0.29, 0.717) is 0 Å². The molecule has 2 saturated heterocycles. The van der Waals surface area contributed by atoms with Gasteiger partial charge in [-0.1, -0.05) is 6.07 Å². The Labute approximate surface area is 150 Å². The Morgan fingerprint density at radius 2 is 2.32 bits per heavy atom. The largest absolute Gasteiger partial charge is 0.479 e. The van der Waals surface area contributed by atoms with E-state index in [2.05, 4.69) is 5.32 Å². The molecule has 3 rings (SSSR count). The highest BCUT2D eigenvalue weighted by atomic mass is 32.2. The number of thioether (sulfide) groups is 1. The summed E-state index contributed by atoms with van der Waals surface area (Å²) in [5.41, 5.74) is -1.64. The molecule has 0 aromatic carbocycles. The number of fused-ring (bicyclic) bond motifs is 1. The number of methoxy groups -OCH3 is 1. The number of carboxylic acids is 1. The van der Waals surface area contributed by atoms with E-state index in [9.17, 15) is 24.3 Å². The van der Waals surface area contributed by atoms with Crippen molar-refractivity contribution in [3.63, 3.8) is 0 Å². The topological polar surface area (TPSA) is 113 Å². The minimum atomic E-state index is -1.62. The first-order valence-corrected chi connectivity index (χ1v) is 9.17. The van der Waals surface area contributed by atoms with Gasteiger partial charge >= 0.3 is 5.97 Å². The quantitative estimate of drug-likeness (QED) is 0.414. The fourth-order valence-corrected chi connectivity index (χ4v) is 5.06. The second kappa shape index (κ2) is 6.64. The number of amides is 2. The van der Waals surface area contributed by atoms with Gasteiger partial charge in [0.2, 0.25) is 5.91 Å². The molecule has 0 spiro atoms. The summed E-state index contributed by atoms with van der Waals surface area (Å²) in [6, 6.07) is 2.24. The molecule has 3 atom stereocenters. The molecule has 25 heavy (non-hydrogen) atoms. The van der Waals surface area contributed by atoms with Gasteiger partial charge in [-0.2, -0.15) is 0 Å². The first kappa shape index (κ1) is 17.7. The number of carbonyl (C=O) groups excluding carboxylic acids is 3. The van der Waals surface area contributed by atoms with E-state index < -0.39 is 34.9 Å². The van der Waals surface area contributed by atoms with Crippen LogP contribution >= 0.6 is 23.1 Å². The molecular formula is C15H14N2O6S2. The van der Waals surface area contributed by atoms with Crippen LogP contribution in [0, 0.1) is 0 Å². The van der Waals surface area contributed by atoms with Crippen LogP contribution in [-0.2, 0) is 30.3 Å². The molecule has 1 aromatic rings. The first-order chi connectivity index (χ1) is 11.9. The summed E-state index contributed by atoms with van der Waals surface area (Å²) in [5.74, 6) is -0.704. The van der Waals surface area contributed by atoms with E-state index in [0.717, 1.165) is 21.5 Å². The Morgan fingerprint density at radius 3 is 2.88 bits per heavy atom. The van der Waals surface area contributed by atoms with E-state index in [1.54, 1.807) is 12.0 Å². The van der Waals surface area contributed by atoms with Gasteiger partial charge in [-0.3, -0.25) is 9.59 Å². The van der Waals surface area contributed by atoms with Gasteiger partial charge in [0, 0.05) is 17.7 Å². The van der Waals surface area contributed by atoms with Gasteiger partial charge in [0.05, 0.1) is 12.0 Å². The van der Waals surface area contributed by atoms with Crippen LogP contribution in [0.15, 0.2) is 23.1 Å². The molecule has 132 valence electrons. The van der Waals surface area contributed by atoms with Crippen LogP contribution < -0.4 is 5.32 Å². The maximum atomic E-state index is 12.6. The molecule has 2 aliphatic rings. The molecule has 2 unspecified atom stereocenters. The number of nitrogens with zero attached hydrogens (tertiary/aromatic N) is 1. The fourth-order valence-electron chi connectivity index (χ4n) is 2.93. The summed E-state index contributed by atoms with van der Waals surface area (Å²) in [6.07, 6.45) is 0.0926. The van der Waals surface area contributed by atoms with Crippen LogP contribution in [0.4, 0.5) is 0 Å². The SMILES string of the molecule is COC1(NC(=O)Cc2cccs2)C(=O)N2C(C(=O)O)C(=C=O)CS[C@@H]21. The number of rotatable bonds is 5. The fraction of sp³-hybridized carbons (Fsp3) is 0.400. The lowest BCUT2D eigenvalue weighted by Crippen LogP contribution is -2.83. The van der Waals surface area contributed by atoms with Crippen LogP contribution in [0.3, 0.4) is 0 Å². The summed E-state index contributed by atoms with van der Waals surface area (Å²) in [7, 11) is 1.28. The number of hydrogen-bond acceptors (Lipinski definition) is 7. The summed E-state index contributed by atoms with van der Waals surface area (Å²) in [6.45, 7) is 0. The predicted molar refractivity (Wildman–Crippen MR) is 89.6 cm³/mol. The summed E-state index contributed by atoms with van der Waals surface area (Å²) in [4.78, 5) is 49.2. The molecule has 0 saturated carbocycles. The van der Waals surface area contributed by atoms with Gasteiger partial charge in [0.1, 0.15) is 11.3 Å². The maximum absolute atomic E-state index is 12.6. The van der Waals surface area contributed by atoms with E-state index in [1.165, 1.54) is 18.4 Å². The molecule has 2 aliphatic heterocycles. The van der Waals surface area contributed by atoms with E-state index in [1.807, 2.05) is 11.4 Å². The molecule has 2 N–H and O–H groups in total. The lowest BCUT2D eigenvalue weighted by atomic mass is 9.94. The average molecular weight is 382 g/mol. The molecular weight excluding hydrogens is 368 g/mol. The number of ether oxygens (including phenoxy) is 1. The molecule has 2 fully saturated rings. The third kappa shape index (κ3) is 2.77. The molecule has 0 aliphatic carbocycles. The van der Waals surface area contributed by atoms with Crippen molar-refractivity contribution in [1.82, 2.24) is 10.2 Å². The monoisotopic (exact) mass is 382 g/mol. The van der Waals surface area contributed by atoms with Crippen molar-refractivity contribution >= 4 is 46.8 Å². The summed E-state index contributed by atoms with van der Waals surface area (Å²) < 4.78 is 5.30. The Kier molecular flexibility index (Phi) is 4.70. The number of carboxylic acid groups (broad SMARTS) is 1. The second-order valence-electron chi connectivity index (χ2n) is 5.49. The van der Waals surface area contributed by atoms with Gasteiger partial charge in [0.15, 0.2) is 6.04 Å². The average Bonchev–Trinajstić information content (AvgIpc) is 3.10. The predicted octanol–water partition coefficient (Wildman–Crippen LogP) is -0.124. The van der Waals surface area contributed by atoms with Gasteiger partial charge in [-0.25, -0.2) is 9.59 Å². The third-order valence-corrected chi connectivity index (χ3v) is 6.31. The second-order valence-corrected chi connectivity index (χ2v) is 7.59. The van der Waals surface area contributed by atoms with Crippen molar-refractivity contribution in [2.75, 3.05) is 12.9 Å². The molecule has 0 radical (unpaired) electrons. The molecule has 1 aromatic heterocycles. The summed E-state index contributed by atoms with van der Waals surface area (Å²) >= 11 is 2.57. The lowest BCUT2D eigenvalue weighted by molar-refractivity contribution is -0.201. The van der Waals surface area contributed by atoms with E-state index in [4.69, 9.17) is 4.74 Å². The Morgan fingerprint density at radius 1 is 1.56 bits per heavy atom. The number of carbonyl (C=O) groups is 3. The number of hydrogen-bond donors (Lipinski definition) is 2. The molecule has 2 amide bonds. The van der Waals surface area contributed by atoms with Crippen molar-refractivity contribution in [3.05, 3.63) is 28.0 Å². The lowest BCUT2D eigenvalue weighted by Gasteiger charge is -2.57. The maximum Gasteiger partial charge on any atom is 0.331 e. The standard InChI is InChI=1S/C15H14N2O6S2/c1-23-15(16-10(19)5-9-3-2-4-24-9)13(22)17-11(12(20)21)8(6-18)7-25-14(15)17/h2-4,11,14H,5,7H2,1H3,(H,16,19)(H,20,21)/t11?,14-,15?/m1/s1. The summed E-state index contributed by atoms with van der Waals surface area (Å²) in [5, 5.41) is 13.1. The third-order valence-electron chi connectivity index (χ3n) is 4.08. The Balaban J connectivity index is 1.81. The van der Waals surface area contributed by atoms with Crippen molar-refractivity contribution in [2.45, 2.75) is 23.6 Å². The highest BCUT2D eigenvalue weighted by Gasteiger charge is 2.68. The molecule has 10 heteroatoms. The number of aliphatic carboxylic acids is 1. The van der Waals surface area contributed by atoms with Crippen molar-refractivity contribution in [2.24, 2.45) is 0 Å². The van der Waals surface area contributed by atoms with E-state index in [-0.39, 0.29) is 17.7 Å². The van der Waals surface area contributed by atoms with Gasteiger partial charge < -0.3 is 20.1 Å². The van der Waals surface area contributed by atoms with Crippen LogP contribution in [0.2, 0.25) is 0 Å². The molecule has 0 bridgehead atoms. The number of nitrogens with one attached hydrogen (secondary N) is 1. The van der Waals surface area contributed by atoms with Gasteiger partial charge in [-0.05, 0) is 11.4 Å². The van der Waals surface area contributed by atoms with Crippen LogP contribution in [0.5, 0.6) is 0 Å². The smallest absolute Gasteiger partial charge is 0.331 e. The zero-order valence-corrected chi connectivity index (χ0v) is 14.7. The van der Waals surface area contributed by atoms with Crippen LogP contribution in [-0.4, -0.2) is 63.7 Å². The zero-order valence-electron chi connectivity index (χ0n) is 13.1. The van der Waals surface area contributed by atoms with Crippen molar-refractivity contribution in [1.29, 1.82) is 0 Å². The van der Waals surface area contributed by atoms with Crippen LogP contribution in [0.1, 0.15) is 4.88 Å². The number of β-lactam (4-membered cyclic amide) rings is 1. The van der Waals surface area contributed by atoms with Gasteiger partial charge in [-0.15, -0.1) is 23.1 Å². The molecule has 8 nitrogen and oxygen atoms in total. The highest BCUT2D eigenvalue weighted by molar-refractivity contribution is 8.00. The Bertz CT molecular complexity index is 773. The van der Waals surface area contributed by atoms with Crippen molar-refractivity contribution < 1.29 is 29.0 Å². The Hall–Kier alpha value is -2.13. The normalized spacial score (nSPS) is 28.0. The minimum absolute atomic E-state index is 0.0169. The zero-order chi connectivity index (χ0) is 18.2. The van der Waals surface area contributed by atoms with Gasteiger partial charge in [0.25, 0.3) is 11.6 Å². The first-order valence-electron chi connectivity index (χ1n) is 7.24. The molecule has 3 heterocycles. The number of thiophene rings is 1. The van der Waals surface area contributed by atoms with Crippen molar-refractivity contribution in [3.8, 4) is 0 Å². The highest BCUT2D eigenvalue weighted by Crippen LogP contribution is 2.46. The van der Waals surface area contributed by atoms with E-state index >= 15 is 0 Å². The van der Waals surface area contributed by atoms with Crippen LogP contribution in [0.25, 0.3) is 0 Å².